The molecule has 1 aromatic heterocycles. The number of oxazole rings is 1. The molecule has 0 unspecified atom stereocenters. The van der Waals surface area contributed by atoms with E-state index in [2.05, 4.69) is 102 Å². The highest BCUT2D eigenvalue weighted by Gasteiger charge is 2.30. The molecule has 0 radical (unpaired) electrons. The van der Waals surface area contributed by atoms with E-state index < -0.39 is 0 Å². The van der Waals surface area contributed by atoms with Gasteiger partial charge in [-0.3, -0.25) is 0 Å². The molecule has 4 heterocycles. The Hall–Kier alpha value is -3.61. The number of allylic oxidation sites excluding steroid dienone is 6. The zero-order valence-corrected chi connectivity index (χ0v) is 26.2. The van der Waals surface area contributed by atoms with Crippen molar-refractivity contribution in [2.24, 2.45) is 0 Å². The van der Waals surface area contributed by atoms with E-state index in [1.807, 2.05) is 12.1 Å². The third kappa shape index (κ3) is 7.14. The molecular formula is C37H49N4O2+3. The third-order valence-corrected chi connectivity index (χ3v) is 9.65. The van der Waals surface area contributed by atoms with Crippen molar-refractivity contribution >= 4 is 22.9 Å². The second kappa shape index (κ2) is 13.4. The highest BCUT2D eigenvalue weighted by Crippen LogP contribution is 2.38. The van der Waals surface area contributed by atoms with Gasteiger partial charge in [0.1, 0.15) is 0 Å². The molecule has 226 valence electrons. The Bertz CT molecular complexity index is 1500. The van der Waals surface area contributed by atoms with Gasteiger partial charge in [0.25, 0.3) is 5.52 Å². The van der Waals surface area contributed by atoms with Crippen molar-refractivity contribution in [3.63, 3.8) is 0 Å². The van der Waals surface area contributed by atoms with E-state index >= 15 is 0 Å². The Kier molecular flexibility index (Phi) is 9.15. The van der Waals surface area contributed by atoms with E-state index in [-0.39, 0.29) is 0 Å². The number of para-hydroxylation sites is 4. The number of nitrogens with zero attached hydrogens (tertiary/aromatic N) is 4. The average Bonchev–Trinajstić information content (AvgIpc) is 3.80. The Morgan fingerprint density at radius 1 is 0.767 bits per heavy atom. The first kappa shape index (κ1) is 29.5. The van der Waals surface area contributed by atoms with Gasteiger partial charge >= 0.3 is 5.89 Å². The lowest BCUT2D eigenvalue weighted by Crippen LogP contribution is -2.44. The number of anilines is 1. The summed E-state index contributed by atoms with van der Waals surface area (Å²) in [5.74, 6) is 2.75. The smallest absolute Gasteiger partial charge is 0.374 e. The first-order valence-electron chi connectivity index (χ1n) is 16.4. The molecule has 3 aliphatic rings. The topological polar surface area (TPSA) is 29.5 Å². The minimum Gasteiger partial charge on any atom is -0.439 e. The minimum absolute atomic E-state index is 0.902. The molecule has 3 aliphatic heterocycles. The second-order valence-electron chi connectivity index (χ2n) is 13.1. The molecule has 43 heavy (non-hydrogen) atoms. The summed E-state index contributed by atoms with van der Waals surface area (Å²) in [7, 11) is 4.82. The first-order chi connectivity index (χ1) is 21.0. The number of ether oxygens (including phenoxy) is 1. The Balaban J connectivity index is 1.07. The van der Waals surface area contributed by atoms with Crippen LogP contribution in [0.3, 0.4) is 0 Å². The molecule has 6 heteroatoms. The van der Waals surface area contributed by atoms with E-state index in [0.29, 0.717) is 0 Å². The molecule has 6 rings (SSSR count). The van der Waals surface area contributed by atoms with E-state index in [4.69, 9.17) is 9.15 Å². The van der Waals surface area contributed by atoms with Crippen molar-refractivity contribution in [1.29, 1.82) is 0 Å². The molecule has 2 saturated heterocycles. The largest absolute Gasteiger partial charge is 0.439 e. The number of benzene rings is 2. The van der Waals surface area contributed by atoms with E-state index in [0.717, 1.165) is 49.0 Å². The van der Waals surface area contributed by atoms with Crippen molar-refractivity contribution < 1.29 is 22.7 Å². The van der Waals surface area contributed by atoms with Crippen LogP contribution in [0.4, 0.5) is 5.69 Å². The predicted molar refractivity (Wildman–Crippen MR) is 175 cm³/mol. The SMILES string of the molecule is C[N+]1(CCCN2C(=CC=CC=CC=Cc3oc4ccccc4[n+]3CCC[N+]3(C)CCCC3)Oc3ccccc32)CCCC1. The number of quaternary nitrogens is 2. The summed E-state index contributed by atoms with van der Waals surface area (Å²) in [6, 6.07) is 16.7. The normalized spacial score (nSPS) is 20.4. The summed E-state index contributed by atoms with van der Waals surface area (Å²) < 4.78 is 17.2. The average molecular weight is 582 g/mol. The molecule has 3 aromatic rings. The van der Waals surface area contributed by atoms with Crippen LogP contribution in [-0.2, 0) is 6.54 Å². The standard InChI is InChI=1S/C37H49N4O2/c1-40(26-12-13-27-40)30-16-24-38-32-18-8-10-20-34(32)42-36(38)22-6-4-3-5-7-23-37-39(33-19-9-11-21-35(33)43-37)25-17-31-41(2)28-14-15-29-41/h3-11,18-23H,12-17,24-31H2,1-2H3/q+3. The van der Waals surface area contributed by atoms with Crippen LogP contribution < -0.4 is 14.2 Å². The van der Waals surface area contributed by atoms with Crippen molar-refractivity contribution in [2.75, 3.05) is 64.8 Å². The molecule has 0 aliphatic carbocycles. The third-order valence-electron chi connectivity index (χ3n) is 9.65. The highest BCUT2D eigenvalue weighted by atomic mass is 16.5. The number of rotatable bonds is 12. The molecule has 0 N–H and O–H groups in total. The number of hydrogen-bond donors (Lipinski definition) is 0. The van der Waals surface area contributed by atoms with Gasteiger partial charge in [0, 0.05) is 44.7 Å². The molecule has 0 amide bonds. The van der Waals surface area contributed by atoms with Gasteiger partial charge in [-0.2, -0.15) is 4.57 Å². The number of aryl methyl sites for hydroxylation is 1. The van der Waals surface area contributed by atoms with Crippen LogP contribution in [0.15, 0.2) is 95.3 Å². The Labute approximate surface area is 257 Å². The quantitative estimate of drug-likeness (QED) is 0.133. The van der Waals surface area contributed by atoms with Crippen LogP contribution in [-0.4, -0.2) is 68.9 Å². The fraction of sp³-hybridized carbons (Fsp3) is 0.432. The number of aromatic nitrogens is 1. The zero-order chi connectivity index (χ0) is 29.5. The molecule has 0 bridgehead atoms. The summed E-state index contributed by atoms with van der Waals surface area (Å²) in [5.41, 5.74) is 3.28. The van der Waals surface area contributed by atoms with Gasteiger partial charge in [-0.25, -0.2) is 0 Å². The lowest BCUT2D eigenvalue weighted by molar-refractivity contribution is -0.899. The van der Waals surface area contributed by atoms with Gasteiger partial charge in [-0.1, -0.05) is 54.6 Å². The van der Waals surface area contributed by atoms with E-state index in [1.54, 1.807) is 0 Å². The van der Waals surface area contributed by atoms with Crippen LogP contribution >= 0.6 is 0 Å². The maximum absolute atomic E-state index is 6.24. The highest BCUT2D eigenvalue weighted by molar-refractivity contribution is 5.69. The molecule has 0 saturated carbocycles. The van der Waals surface area contributed by atoms with Crippen LogP contribution in [0.2, 0.25) is 0 Å². The fourth-order valence-electron chi connectivity index (χ4n) is 7.15. The van der Waals surface area contributed by atoms with Gasteiger partial charge in [-0.15, -0.1) is 0 Å². The Morgan fingerprint density at radius 2 is 1.42 bits per heavy atom. The predicted octanol–water partition coefficient (Wildman–Crippen LogP) is 6.85. The van der Waals surface area contributed by atoms with Crippen molar-refractivity contribution in [3.05, 3.63) is 96.8 Å². The second-order valence-corrected chi connectivity index (χ2v) is 13.1. The lowest BCUT2D eigenvalue weighted by atomic mass is 10.2. The van der Waals surface area contributed by atoms with Crippen molar-refractivity contribution in [2.45, 2.75) is 45.1 Å². The lowest BCUT2D eigenvalue weighted by Gasteiger charge is -2.30. The van der Waals surface area contributed by atoms with Gasteiger partial charge in [0.15, 0.2) is 12.3 Å². The van der Waals surface area contributed by atoms with Gasteiger partial charge in [0.05, 0.1) is 71.5 Å². The number of fused-ring (bicyclic) bond motifs is 2. The van der Waals surface area contributed by atoms with Crippen molar-refractivity contribution in [1.82, 2.24) is 0 Å². The molecule has 6 nitrogen and oxygen atoms in total. The van der Waals surface area contributed by atoms with Gasteiger partial charge in [-0.05, 0) is 24.3 Å². The number of hydrogen-bond acceptors (Lipinski definition) is 3. The minimum atomic E-state index is 0.902. The summed E-state index contributed by atoms with van der Waals surface area (Å²) in [4.78, 5) is 2.33. The van der Waals surface area contributed by atoms with Crippen LogP contribution in [0, 0.1) is 0 Å². The maximum atomic E-state index is 6.24. The maximum Gasteiger partial charge on any atom is 0.374 e. The molecule has 0 spiro atoms. The van der Waals surface area contributed by atoms with Crippen LogP contribution in [0.25, 0.3) is 17.2 Å². The summed E-state index contributed by atoms with van der Waals surface area (Å²) in [5, 5.41) is 0. The molecule has 0 atom stereocenters. The zero-order valence-electron chi connectivity index (χ0n) is 26.2. The van der Waals surface area contributed by atoms with Gasteiger partial charge < -0.3 is 23.0 Å². The molecular weight excluding hydrogens is 532 g/mol. The van der Waals surface area contributed by atoms with Crippen molar-refractivity contribution in [3.8, 4) is 5.75 Å². The van der Waals surface area contributed by atoms with Gasteiger partial charge in [0.2, 0.25) is 11.5 Å². The molecule has 2 fully saturated rings. The van der Waals surface area contributed by atoms with Crippen LogP contribution in [0.5, 0.6) is 5.75 Å². The first-order valence-corrected chi connectivity index (χ1v) is 16.4. The van der Waals surface area contributed by atoms with Crippen LogP contribution in [0.1, 0.15) is 44.4 Å². The summed E-state index contributed by atoms with van der Waals surface area (Å²) >= 11 is 0. The van der Waals surface area contributed by atoms with E-state index in [9.17, 15) is 0 Å². The molecule has 2 aromatic carbocycles. The van der Waals surface area contributed by atoms with E-state index in [1.165, 1.54) is 85.1 Å². The number of likely N-dealkylation sites (tertiary alicyclic amines) is 2. The summed E-state index contributed by atoms with van der Waals surface area (Å²) in [6.45, 7) is 9.64. The summed E-state index contributed by atoms with van der Waals surface area (Å²) in [6.07, 6.45) is 22.2. The monoisotopic (exact) mass is 581 g/mol. The Morgan fingerprint density at radius 3 is 2.21 bits per heavy atom. The fourth-order valence-corrected chi connectivity index (χ4v) is 7.15.